The van der Waals surface area contributed by atoms with Gasteiger partial charge in [0.1, 0.15) is 12.4 Å². The van der Waals surface area contributed by atoms with E-state index in [1.165, 1.54) is 11.0 Å². The van der Waals surface area contributed by atoms with Crippen LogP contribution in [0.5, 0.6) is 0 Å². The molecule has 2 N–H and O–H groups in total. The second-order valence-corrected chi connectivity index (χ2v) is 6.03. The Balaban J connectivity index is 2.90. The molecule has 1 aromatic carbocycles. The Morgan fingerprint density at radius 2 is 2.05 bits per heavy atom. The van der Waals surface area contributed by atoms with Gasteiger partial charge in [-0.25, -0.2) is 9.18 Å². The van der Waals surface area contributed by atoms with E-state index in [-0.39, 0.29) is 5.92 Å². The zero-order chi connectivity index (χ0) is 16.2. The van der Waals surface area contributed by atoms with Crippen molar-refractivity contribution in [2.24, 2.45) is 5.92 Å². The first-order valence-corrected chi connectivity index (χ1v) is 7.23. The highest BCUT2D eigenvalue weighted by Crippen LogP contribution is 2.24. The lowest BCUT2D eigenvalue weighted by molar-refractivity contribution is -0.137. The van der Waals surface area contributed by atoms with Gasteiger partial charge in [-0.05, 0) is 46.5 Å². The van der Waals surface area contributed by atoms with Crippen LogP contribution in [0.4, 0.5) is 14.9 Å². The van der Waals surface area contributed by atoms with Crippen molar-refractivity contribution in [3.8, 4) is 0 Å². The molecule has 0 spiro atoms. The molecule has 0 unspecified atom stereocenters. The van der Waals surface area contributed by atoms with E-state index in [1.54, 1.807) is 13.0 Å². The quantitative estimate of drug-likeness (QED) is 0.844. The second-order valence-electron chi connectivity index (χ2n) is 5.18. The van der Waals surface area contributed by atoms with Gasteiger partial charge in [-0.2, -0.15) is 0 Å². The third kappa shape index (κ3) is 5.34. The van der Waals surface area contributed by atoms with E-state index in [4.69, 9.17) is 5.11 Å². The first-order valence-electron chi connectivity index (χ1n) is 6.44. The van der Waals surface area contributed by atoms with Crippen LogP contribution in [-0.4, -0.2) is 35.1 Å². The van der Waals surface area contributed by atoms with Crippen molar-refractivity contribution in [3.05, 3.63) is 28.0 Å². The number of carbonyl (C=O) groups excluding carboxylic acids is 1. The average Bonchev–Trinajstić information content (AvgIpc) is 2.33. The summed E-state index contributed by atoms with van der Waals surface area (Å²) in [5.74, 6) is -1.47. The van der Waals surface area contributed by atoms with E-state index in [1.807, 2.05) is 13.8 Å². The van der Waals surface area contributed by atoms with Crippen LogP contribution in [0.2, 0.25) is 0 Å². The summed E-state index contributed by atoms with van der Waals surface area (Å²) in [6, 6.07) is 2.19. The van der Waals surface area contributed by atoms with Gasteiger partial charge in [0.05, 0.1) is 4.47 Å². The van der Waals surface area contributed by atoms with Crippen molar-refractivity contribution in [3.63, 3.8) is 0 Å². The van der Waals surface area contributed by atoms with Crippen molar-refractivity contribution in [2.75, 3.05) is 18.4 Å². The number of rotatable bonds is 5. The zero-order valence-electron chi connectivity index (χ0n) is 12.1. The predicted octanol–water partition coefficient (Wildman–Crippen LogP) is 3.47. The highest BCUT2D eigenvalue weighted by atomic mass is 79.9. The molecule has 0 bridgehead atoms. The Labute approximate surface area is 131 Å². The van der Waals surface area contributed by atoms with Gasteiger partial charge in [0.15, 0.2) is 0 Å². The lowest BCUT2D eigenvalue weighted by Gasteiger charge is -2.23. The molecule has 7 heteroatoms. The van der Waals surface area contributed by atoms with Crippen LogP contribution in [0.3, 0.4) is 0 Å². The predicted molar refractivity (Wildman–Crippen MR) is 81.9 cm³/mol. The van der Waals surface area contributed by atoms with E-state index >= 15 is 0 Å². The Morgan fingerprint density at radius 3 is 2.57 bits per heavy atom. The van der Waals surface area contributed by atoms with E-state index in [2.05, 4.69) is 21.2 Å². The minimum atomic E-state index is -1.09. The van der Waals surface area contributed by atoms with Gasteiger partial charge in [0.2, 0.25) is 0 Å². The van der Waals surface area contributed by atoms with Gasteiger partial charge < -0.3 is 15.3 Å². The van der Waals surface area contributed by atoms with Crippen LogP contribution in [0, 0.1) is 18.7 Å². The number of anilines is 1. The summed E-state index contributed by atoms with van der Waals surface area (Å²) in [6.45, 7) is 5.39. The summed E-state index contributed by atoms with van der Waals surface area (Å²) in [5.41, 5.74) is 0.997. The zero-order valence-corrected chi connectivity index (χ0v) is 13.7. The van der Waals surface area contributed by atoms with Crippen LogP contribution in [0.15, 0.2) is 16.6 Å². The van der Waals surface area contributed by atoms with E-state index in [9.17, 15) is 14.0 Å². The maximum atomic E-state index is 13.5. The molecule has 0 aromatic heterocycles. The molecule has 0 saturated heterocycles. The summed E-state index contributed by atoms with van der Waals surface area (Å²) in [5, 5.41) is 11.4. The van der Waals surface area contributed by atoms with E-state index in [0.717, 1.165) is 0 Å². The first kappa shape index (κ1) is 17.4. The summed E-state index contributed by atoms with van der Waals surface area (Å²) in [6.07, 6.45) is 0. The number of aryl methyl sites for hydroxylation is 1. The molecule has 2 amide bonds. The number of aliphatic carboxylic acids is 1. The fourth-order valence-corrected chi connectivity index (χ4v) is 2.26. The molecule has 1 rings (SSSR count). The van der Waals surface area contributed by atoms with Crippen molar-refractivity contribution in [2.45, 2.75) is 20.8 Å². The summed E-state index contributed by atoms with van der Waals surface area (Å²) < 4.78 is 13.8. The number of benzene rings is 1. The molecule has 1 aromatic rings. The molecule has 0 aliphatic carbocycles. The highest BCUT2D eigenvalue weighted by molar-refractivity contribution is 9.10. The van der Waals surface area contributed by atoms with Crippen molar-refractivity contribution in [1.29, 1.82) is 0 Å². The molecule has 0 saturated carbocycles. The van der Waals surface area contributed by atoms with Gasteiger partial charge in [-0.1, -0.05) is 13.8 Å². The normalized spacial score (nSPS) is 10.6. The molecule has 0 radical (unpaired) electrons. The molecule has 5 nitrogen and oxygen atoms in total. The van der Waals surface area contributed by atoms with Crippen LogP contribution in [-0.2, 0) is 4.79 Å². The largest absolute Gasteiger partial charge is 0.480 e. The van der Waals surface area contributed by atoms with Gasteiger partial charge in [0.25, 0.3) is 0 Å². The summed E-state index contributed by atoms with van der Waals surface area (Å²) in [4.78, 5) is 24.2. The number of hydrogen-bond donors (Lipinski definition) is 2. The lowest BCUT2D eigenvalue weighted by atomic mass is 10.2. The van der Waals surface area contributed by atoms with Crippen molar-refractivity contribution >= 4 is 33.6 Å². The minimum absolute atomic E-state index is 0.123. The Kier molecular flexibility index (Phi) is 6.14. The number of carbonyl (C=O) groups is 2. The maximum absolute atomic E-state index is 13.5. The fourth-order valence-electron chi connectivity index (χ4n) is 1.80. The Bertz CT molecular complexity index is 549. The molecule has 0 fully saturated rings. The van der Waals surface area contributed by atoms with Gasteiger partial charge in [-0.15, -0.1) is 0 Å². The van der Waals surface area contributed by atoms with Crippen molar-refractivity contribution in [1.82, 2.24) is 4.90 Å². The molecular formula is C14H18BrFN2O3. The molecular weight excluding hydrogens is 343 g/mol. The molecule has 116 valence electrons. The van der Waals surface area contributed by atoms with Gasteiger partial charge in [0, 0.05) is 12.2 Å². The van der Waals surface area contributed by atoms with Gasteiger partial charge >= 0.3 is 12.0 Å². The maximum Gasteiger partial charge on any atom is 0.323 e. The number of urea groups is 1. The third-order valence-corrected chi connectivity index (χ3v) is 3.32. The number of nitrogens with zero attached hydrogens (tertiary/aromatic N) is 1. The fraction of sp³-hybridized carbons (Fsp3) is 0.429. The van der Waals surface area contributed by atoms with Crippen LogP contribution in [0.25, 0.3) is 0 Å². The molecule has 0 aliphatic rings. The Morgan fingerprint density at radius 1 is 1.43 bits per heavy atom. The summed E-state index contributed by atoms with van der Waals surface area (Å²) in [7, 11) is 0. The standard InChI is InChI=1S/C14H18BrFN2O3/c1-8(2)6-18(7-13(19)20)14(21)17-12-5-11(16)10(15)4-9(12)3/h4-5,8H,6-7H2,1-3H3,(H,17,21)(H,19,20). The highest BCUT2D eigenvalue weighted by Gasteiger charge is 2.19. The van der Waals surface area contributed by atoms with E-state index < -0.39 is 24.4 Å². The van der Waals surface area contributed by atoms with Crippen molar-refractivity contribution < 1.29 is 19.1 Å². The number of hydrogen-bond acceptors (Lipinski definition) is 2. The number of halogens is 2. The SMILES string of the molecule is Cc1cc(Br)c(F)cc1NC(=O)N(CC(=O)O)CC(C)C. The molecule has 21 heavy (non-hydrogen) atoms. The molecule has 0 aliphatic heterocycles. The first-order chi connectivity index (χ1) is 9.70. The van der Waals surface area contributed by atoms with E-state index in [0.29, 0.717) is 22.3 Å². The van der Waals surface area contributed by atoms with Gasteiger partial charge in [-0.3, -0.25) is 4.79 Å². The number of carboxylic acids is 1. The number of amides is 2. The molecule has 0 heterocycles. The lowest BCUT2D eigenvalue weighted by Crippen LogP contribution is -2.41. The van der Waals surface area contributed by atoms with Crippen LogP contribution in [0.1, 0.15) is 19.4 Å². The topological polar surface area (TPSA) is 69.6 Å². The van der Waals surface area contributed by atoms with Crippen LogP contribution < -0.4 is 5.32 Å². The number of nitrogens with one attached hydrogen (secondary N) is 1. The second kappa shape index (κ2) is 7.40. The average molecular weight is 361 g/mol. The van der Waals surface area contributed by atoms with Crippen LogP contribution >= 0.6 is 15.9 Å². The minimum Gasteiger partial charge on any atom is -0.480 e. The molecule has 0 atom stereocenters. The third-order valence-electron chi connectivity index (χ3n) is 2.71. The summed E-state index contributed by atoms with van der Waals surface area (Å²) >= 11 is 3.06. The Hall–Kier alpha value is -1.63. The monoisotopic (exact) mass is 360 g/mol. The number of carboxylic acid groups (broad SMARTS) is 1. The smallest absolute Gasteiger partial charge is 0.323 e.